The lowest BCUT2D eigenvalue weighted by Gasteiger charge is -2.02. The van der Waals surface area contributed by atoms with Crippen molar-refractivity contribution in [3.8, 4) is 0 Å². The normalized spacial score (nSPS) is 16.7. The molecule has 104 valence electrons. The summed E-state index contributed by atoms with van der Waals surface area (Å²) in [5.41, 5.74) is 0.977. The predicted molar refractivity (Wildman–Crippen MR) is 56.7 cm³/mol. The van der Waals surface area contributed by atoms with E-state index in [1.807, 2.05) is 12.1 Å². The summed E-state index contributed by atoms with van der Waals surface area (Å²) < 4.78 is 31.7. The molecule has 0 spiro atoms. The number of alkyl halides is 3. The molecule has 1 atom stereocenters. The summed E-state index contributed by atoms with van der Waals surface area (Å²) in [6.07, 6.45) is -2.91. The number of nitrogens with zero attached hydrogens (tertiary/aromatic N) is 1. The molecule has 2 heterocycles. The van der Waals surface area contributed by atoms with Gasteiger partial charge in [0.2, 0.25) is 0 Å². The third kappa shape index (κ3) is 4.12. The molecule has 0 aromatic carbocycles. The molecule has 19 heavy (non-hydrogen) atoms. The summed E-state index contributed by atoms with van der Waals surface area (Å²) in [7, 11) is 0. The van der Waals surface area contributed by atoms with E-state index in [1.54, 1.807) is 6.20 Å². The number of rotatable bonds is 1. The smallest absolute Gasteiger partial charge is 0.480 e. The molecule has 3 N–H and O–H groups in total. The van der Waals surface area contributed by atoms with Crippen LogP contribution in [0.3, 0.4) is 0 Å². The average molecular weight is 278 g/mol. The van der Waals surface area contributed by atoms with E-state index < -0.39 is 24.2 Å². The lowest BCUT2D eigenvalue weighted by atomic mass is 10.1. The van der Waals surface area contributed by atoms with Crippen molar-refractivity contribution in [3.63, 3.8) is 0 Å². The zero-order valence-corrected chi connectivity index (χ0v) is 9.31. The summed E-state index contributed by atoms with van der Waals surface area (Å²) in [6.45, 7) is 0. The van der Waals surface area contributed by atoms with E-state index in [9.17, 15) is 18.0 Å². The van der Waals surface area contributed by atoms with E-state index in [1.165, 1.54) is 0 Å². The first-order valence-electron chi connectivity index (χ1n) is 4.95. The van der Waals surface area contributed by atoms with Crippen LogP contribution >= 0.6 is 0 Å². The highest BCUT2D eigenvalue weighted by Crippen LogP contribution is 2.22. The third-order valence-corrected chi connectivity index (χ3v) is 2.17. The van der Waals surface area contributed by atoms with Crippen LogP contribution in [0.25, 0.3) is 0 Å². The first-order chi connectivity index (χ1) is 8.71. The number of nitrogens with one attached hydrogen (secondary N) is 1. The first-order valence-corrected chi connectivity index (χ1v) is 4.95. The monoisotopic (exact) mass is 278 g/mol. The topological polar surface area (TPSA) is 99.5 Å². The second-order valence-corrected chi connectivity index (χ2v) is 3.55. The molecule has 1 aromatic heterocycles. The van der Waals surface area contributed by atoms with Crippen LogP contribution in [-0.2, 0) is 16.0 Å². The van der Waals surface area contributed by atoms with Crippen molar-refractivity contribution < 1.29 is 33.0 Å². The van der Waals surface area contributed by atoms with E-state index in [0.29, 0.717) is 12.2 Å². The molecule has 0 amide bonds. The van der Waals surface area contributed by atoms with Crippen LogP contribution in [0, 0.1) is 0 Å². The van der Waals surface area contributed by atoms with Gasteiger partial charge < -0.3 is 15.5 Å². The van der Waals surface area contributed by atoms with Gasteiger partial charge in [0.25, 0.3) is 0 Å². The molecular formula is C10H9F3N2O4. The number of hydrogen-bond donors (Lipinski definition) is 3. The van der Waals surface area contributed by atoms with Crippen molar-refractivity contribution in [2.75, 3.05) is 5.32 Å². The van der Waals surface area contributed by atoms with Gasteiger partial charge in [-0.1, -0.05) is 6.07 Å². The van der Waals surface area contributed by atoms with Crippen molar-refractivity contribution in [1.82, 2.24) is 4.98 Å². The van der Waals surface area contributed by atoms with Crippen LogP contribution in [0.4, 0.5) is 19.0 Å². The molecule has 0 saturated carbocycles. The van der Waals surface area contributed by atoms with Crippen LogP contribution in [-0.4, -0.2) is 39.4 Å². The van der Waals surface area contributed by atoms with Gasteiger partial charge in [-0.2, -0.15) is 13.2 Å². The van der Waals surface area contributed by atoms with Crippen molar-refractivity contribution in [3.05, 3.63) is 23.9 Å². The van der Waals surface area contributed by atoms with Crippen molar-refractivity contribution in [1.29, 1.82) is 0 Å². The van der Waals surface area contributed by atoms with E-state index in [2.05, 4.69) is 10.3 Å². The molecular weight excluding hydrogens is 269 g/mol. The minimum absolute atomic E-state index is 0.505. The summed E-state index contributed by atoms with van der Waals surface area (Å²) in [6, 6.07) is 3.19. The Bertz CT molecular complexity index is 465. The second kappa shape index (κ2) is 5.55. The lowest BCUT2D eigenvalue weighted by molar-refractivity contribution is -0.192. The number of aliphatic carboxylic acids is 2. The van der Waals surface area contributed by atoms with Crippen molar-refractivity contribution in [2.24, 2.45) is 0 Å². The molecule has 1 aliphatic rings. The molecule has 1 aliphatic heterocycles. The van der Waals surface area contributed by atoms with Crippen LogP contribution in [0.1, 0.15) is 5.56 Å². The maximum atomic E-state index is 10.6. The number of fused-ring (bicyclic) bond motifs is 1. The molecule has 1 aromatic rings. The van der Waals surface area contributed by atoms with Gasteiger partial charge in [-0.25, -0.2) is 14.6 Å². The fourth-order valence-electron chi connectivity index (χ4n) is 1.32. The Labute approximate surface area is 104 Å². The Morgan fingerprint density at radius 3 is 2.37 bits per heavy atom. The van der Waals surface area contributed by atoms with Gasteiger partial charge in [-0.05, 0) is 11.6 Å². The maximum absolute atomic E-state index is 10.6. The quantitative estimate of drug-likeness (QED) is 0.712. The number of pyridine rings is 1. The zero-order chi connectivity index (χ0) is 14.6. The molecule has 0 radical (unpaired) electrons. The van der Waals surface area contributed by atoms with Crippen molar-refractivity contribution in [2.45, 2.75) is 18.6 Å². The molecule has 0 fully saturated rings. The van der Waals surface area contributed by atoms with Gasteiger partial charge in [-0.15, -0.1) is 0 Å². The Morgan fingerprint density at radius 2 is 1.95 bits per heavy atom. The first kappa shape index (κ1) is 14.7. The second-order valence-electron chi connectivity index (χ2n) is 3.55. The molecule has 9 heteroatoms. The highest BCUT2D eigenvalue weighted by atomic mass is 19.4. The van der Waals surface area contributed by atoms with Gasteiger partial charge in [-0.3, -0.25) is 0 Å². The molecule has 2 rings (SSSR count). The number of anilines is 1. The lowest BCUT2D eigenvalue weighted by Crippen LogP contribution is -2.26. The number of aromatic nitrogens is 1. The predicted octanol–water partition coefficient (Wildman–Crippen LogP) is 1.14. The van der Waals surface area contributed by atoms with Crippen LogP contribution < -0.4 is 5.32 Å². The van der Waals surface area contributed by atoms with Gasteiger partial charge in [0.05, 0.1) is 0 Å². The minimum Gasteiger partial charge on any atom is -0.480 e. The number of hydrogen-bond acceptors (Lipinski definition) is 4. The fraction of sp³-hybridized carbons (Fsp3) is 0.300. The van der Waals surface area contributed by atoms with E-state index >= 15 is 0 Å². The summed E-state index contributed by atoms with van der Waals surface area (Å²) in [5.74, 6) is -2.88. The number of carbonyl (C=O) groups is 2. The number of halogens is 3. The standard InChI is InChI=1S/C8H8N2O2.C2HF3O2/c11-8(12)6-4-5-2-1-3-9-7(5)10-6;3-2(4,5)1(6)7/h1-3,6H,4H2,(H,9,10)(H,11,12);(H,6,7)/t6-;/m0./s1. The summed E-state index contributed by atoms with van der Waals surface area (Å²) in [5, 5.41) is 18.6. The zero-order valence-electron chi connectivity index (χ0n) is 9.31. The molecule has 0 unspecified atom stereocenters. The SMILES string of the molecule is O=C(O)C(F)(F)F.O=C(O)[C@@H]1Cc2cccnc2N1. The van der Waals surface area contributed by atoms with Gasteiger partial charge in [0, 0.05) is 12.6 Å². The minimum atomic E-state index is -5.08. The third-order valence-electron chi connectivity index (χ3n) is 2.17. The molecule has 0 bridgehead atoms. The van der Waals surface area contributed by atoms with E-state index in [0.717, 1.165) is 5.56 Å². The van der Waals surface area contributed by atoms with Crippen molar-refractivity contribution >= 4 is 17.8 Å². The molecule has 0 saturated heterocycles. The van der Waals surface area contributed by atoms with Gasteiger partial charge in [0.15, 0.2) is 0 Å². The highest BCUT2D eigenvalue weighted by molar-refractivity contribution is 5.80. The Hall–Kier alpha value is -2.32. The Balaban J connectivity index is 0.000000224. The average Bonchev–Trinajstić information content (AvgIpc) is 2.72. The number of carboxylic acids is 2. The van der Waals surface area contributed by atoms with Gasteiger partial charge >= 0.3 is 18.1 Å². The van der Waals surface area contributed by atoms with Crippen LogP contribution in [0.2, 0.25) is 0 Å². The number of carboxylic acid groups (broad SMARTS) is 2. The van der Waals surface area contributed by atoms with E-state index in [4.69, 9.17) is 15.0 Å². The Morgan fingerprint density at radius 1 is 1.37 bits per heavy atom. The maximum Gasteiger partial charge on any atom is 0.490 e. The largest absolute Gasteiger partial charge is 0.490 e. The summed E-state index contributed by atoms with van der Waals surface area (Å²) in [4.78, 5) is 23.5. The highest BCUT2D eigenvalue weighted by Gasteiger charge is 2.38. The molecule has 6 nitrogen and oxygen atoms in total. The van der Waals surface area contributed by atoms with Crippen LogP contribution in [0.5, 0.6) is 0 Å². The summed E-state index contributed by atoms with van der Waals surface area (Å²) >= 11 is 0. The van der Waals surface area contributed by atoms with Gasteiger partial charge in [0.1, 0.15) is 11.9 Å². The fourth-order valence-corrected chi connectivity index (χ4v) is 1.32. The van der Waals surface area contributed by atoms with Crippen LogP contribution in [0.15, 0.2) is 18.3 Å². The Kier molecular flexibility index (Phi) is 4.30. The van der Waals surface area contributed by atoms with E-state index in [-0.39, 0.29) is 0 Å². The molecule has 0 aliphatic carbocycles.